The van der Waals surface area contributed by atoms with E-state index in [0.717, 1.165) is 17.5 Å². The summed E-state index contributed by atoms with van der Waals surface area (Å²) < 4.78 is 39.7. The fraction of sp³-hybridized carbons (Fsp3) is 0.538. The molecule has 1 aromatic rings. The van der Waals surface area contributed by atoms with E-state index in [1.807, 2.05) is 0 Å². The Balaban J connectivity index is 1.98. The molecule has 0 amide bonds. The monoisotopic (exact) mass is 301 g/mol. The van der Waals surface area contributed by atoms with Crippen LogP contribution in [0.2, 0.25) is 0 Å². The first kappa shape index (κ1) is 15.4. The molecule has 5 nitrogen and oxygen atoms in total. The van der Waals surface area contributed by atoms with Gasteiger partial charge in [-0.3, -0.25) is 9.67 Å². The average Bonchev–Trinajstić information content (AvgIpc) is 3.03. The van der Waals surface area contributed by atoms with E-state index < -0.39 is 11.9 Å². The molecule has 21 heavy (non-hydrogen) atoms. The maximum absolute atomic E-state index is 12.8. The molecule has 116 valence electrons. The van der Waals surface area contributed by atoms with Crippen LogP contribution in [-0.2, 0) is 19.8 Å². The van der Waals surface area contributed by atoms with Gasteiger partial charge in [0.15, 0.2) is 11.7 Å². The summed E-state index contributed by atoms with van der Waals surface area (Å²) in [6.07, 6.45) is 2.81. The van der Waals surface area contributed by atoms with E-state index in [1.54, 1.807) is 7.05 Å². The summed E-state index contributed by atoms with van der Waals surface area (Å²) >= 11 is 0. The van der Waals surface area contributed by atoms with Crippen molar-refractivity contribution in [1.29, 1.82) is 0 Å². The second kappa shape index (κ2) is 6.19. The van der Waals surface area contributed by atoms with Crippen molar-refractivity contribution in [3.05, 3.63) is 29.6 Å². The fourth-order valence-corrected chi connectivity index (χ4v) is 2.21. The van der Waals surface area contributed by atoms with Gasteiger partial charge in [0.05, 0.1) is 0 Å². The van der Waals surface area contributed by atoms with E-state index >= 15 is 0 Å². The predicted molar refractivity (Wildman–Crippen MR) is 73.7 cm³/mol. The summed E-state index contributed by atoms with van der Waals surface area (Å²) in [5, 5.41) is 9.54. The lowest BCUT2D eigenvalue weighted by atomic mass is 10.2. The SMILES string of the molecule is CN=C(NCc1cn(C)nc1C(F)(F)F)NC1CC=CC1. The molecule has 8 heteroatoms. The van der Waals surface area contributed by atoms with Crippen molar-refractivity contribution >= 4 is 5.96 Å². The third-order valence-corrected chi connectivity index (χ3v) is 3.19. The van der Waals surface area contributed by atoms with Gasteiger partial charge in [-0.05, 0) is 12.8 Å². The lowest BCUT2D eigenvalue weighted by Gasteiger charge is -2.17. The van der Waals surface area contributed by atoms with E-state index in [-0.39, 0.29) is 18.2 Å². The van der Waals surface area contributed by atoms with Crippen molar-refractivity contribution in [3.63, 3.8) is 0 Å². The second-order valence-corrected chi connectivity index (χ2v) is 4.88. The predicted octanol–water partition coefficient (Wildman–Crippen LogP) is 1.82. The molecule has 0 fully saturated rings. The highest BCUT2D eigenvalue weighted by molar-refractivity contribution is 5.80. The highest BCUT2D eigenvalue weighted by atomic mass is 19.4. The van der Waals surface area contributed by atoms with Crippen LogP contribution in [0.5, 0.6) is 0 Å². The summed E-state index contributed by atoms with van der Waals surface area (Å²) in [4.78, 5) is 4.02. The molecular weight excluding hydrogens is 283 g/mol. The van der Waals surface area contributed by atoms with Gasteiger partial charge in [-0.25, -0.2) is 0 Å². The van der Waals surface area contributed by atoms with Crippen LogP contribution in [0.15, 0.2) is 23.3 Å². The number of guanidine groups is 1. The van der Waals surface area contributed by atoms with Crippen molar-refractivity contribution < 1.29 is 13.2 Å². The normalized spacial score (nSPS) is 16.5. The first-order valence-electron chi connectivity index (χ1n) is 6.62. The number of aryl methyl sites for hydroxylation is 1. The summed E-state index contributed by atoms with van der Waals surface area (Å²) in [5.41, 5.74) is -0.770. The first-order chi connectivity index (χ1) is 9.90. The molecular formula is C13H18F3N5. The Labute approximate surface area is 120 Å². The van der Waals surface area contributed by atoms with Crippen LogP contribution in [-0.4, -0.2) is 28.8 Å². The van der Waals surface area contributed by atoms with E-state index in [4.69, 9.17) is 0 Å². The van der Waals surface area contributed by atoms with Gasteiger partial charge >= 0.3 is 6.18 Å². The van der Waals surface area contributed by atoms with Crippen LogP contribution >= 0.6 is 0 Å². The van der Waals surface area contributed by atoms with Gasteiger partial charge in [0.25, 0.3) is 0 Å². The highest BCUT2D eigenvalue weighted by Crippen LogP contribution is 2.30. The molecule has 0 aliphatic heterocycles. The lowest BCUT2D eigenvalue weighted by Crippen LogP contribution is -2.42. The van der Waals surface area contributed by atoms with Gasteiger partial charge in [0.2, 0.25) is 0 Å². The Morgan fingerprint density at radius 2 is 2.10 bits per heavy atom. The van der Waals surface area contributed by atoms with Crippen molar-refractivity contribution in [1.82, 2.24) is 20.4 Å². The number of rotatable bonds is 3. The topological polar surface area (TPSA) is 54.2 Å². The third-order valence-electron chi connectivity index (χ3n) is 3.19. The number of hydrogen-bond donors (Lipinski definition) is 2. The number of aliphatic imine (C=N–C) groups is 1. The van der Waals surface area contributed by atoms with Gasteiger partial charge in [-0.15, -0.1) is 0 Å². The summed E-state index contributed by atoms with van der Waals surface area (Å²) in [7, 11) is 3.06. The summed E-state index contributed by atoms with van der Waals surface area (Å²) in [6, 6.07) is 0.243. The van der Waals surface area contributed by atoms with Crippen molar-refractivity contribution in [2.24, 2.45) is 12.0 Å². The Bertz CT molecular complexity index is 536. The molecule has 1 heterocycles. The molecule has 0 bridgehead atoms. The minimum Gasteiger partial charge on any atom is -0.353 e. The van der Waals surface area contributed by atoms with Crippen LogP contribution < -0.4 is 10.6 Å². The minimum absolute atomic E-state index is 0.0164. The number of alkyl halides is 3. The van der Waals surface area contributed by atoms with E-state index in [9.17, 15) is 13.2 Å². The zero-order chi connectivity index (χ0) is 15.5. The standard InChI is InChI=1S/C13H18F3N5/c1-17-12(19-10-5-3-4-6-10)18-7-9-8-21(2)20-11(9)13(14,15)16/h3-4,8,10H,5-7H2,1-2H3,(H2,17,18,19). The molecule has 0 saturated carbocycles. The van der Waals surface area contributed by atoms with Gasteiger partial charge in [0.1, 0.15) is 0 Å². The van der Waals surface area contributed by atoms with Crippen molar-refractivity contribution in [2.45, 2.75) is 31.6 Å². The number of hydrogen-bond acceptors (Lipinski definition) is 2. The fourth-order valence-electron chi connectivity index (χ4n) is 2.21. The molecule has 0 unspecified atom stereocenters. The van der Waals surface area contributed by atoms with E-state index in [0.29, 0.717) is 5.96 Å². The van der Waals surface area contributed by atoms with E-state index in [1.165, 1.54) is 13.2 Å². The molecule has 0 spiro atoms. The molecule has 1 aliphatic rings. The number of nitrogens with zero attached hydrogens (tertiary/aromatic N) is 3. The molecule has 2 N–H and O–H groups in total. The van der Waals surface area contributed by atoms with Gasteiger partial charge in [-0.1, -0.05) is 12.2 Å². The largest absolute Gasteiger partial charge is 0.435 e. The Hall–Kier alpha value is -1.99. The summed E-state index contributed by atoms with van der Waals surface area (Å²) in [6.45, 7) is 0.0164. The van der Waals surface area contributed by atoms with Gasteiger partial charge in [0, 0.05) is 38.4 Å². The smallest absolute Gasteiger partial charge is 0.353 e. The molecule has 1 aliphatic carbocycles. The lowest BCUT2D eigenvalue weighted by molar-refractivity contribution is -0.142. The van der Waals surface area contributed by atoms with Crippen LogP contribution in [0.4, 0.5) is 13.2 Å². The Morgan fingerprint density at radius 1 is 1.43 bits per heavy atom. The van der Waals surface area contributed by atoms with Crippen LogP contribution in [0.1, 0.15) is 24.1 Å². The first-order valence-corrected chi connectivity index (χ1v) is 6.62. The van der Waals surface area contributed by atoms with Gasteiger partial charge in [-0.2, -0.15) is 18.3 Å². The maximum atomic E-state index is 12.8. The molecule has 0 radical (unpaired) electrons. The highest BCUT2D eigenvalue weighted by Gasteiger charge is 2.36. The van der Waals surface area contributed by atoms with E-state index in [2.05, 4.69) is 32.9 Å². The van der Waals surface area contributed by atoms with Crippen molar-refractivity contribution in [2.75, 3.05) is 7.05 Å². The Kier molecular flexibility index (Phi) is 4.54. The summed E-state index contributed by atoms with van der Waals surface area (Å²) in [5.74, 6) is 0.487. The van der Waals surface area contributed by atoms with Gasteiger partial charge < -0.3 is 10.6 Å². The number of aromatic nitrogens is 2. The molecule has 0 saturated heterocycles. The van der Waals surface area contributed by atoms with Crippen LogP contribution in [0.3, 0.4) is 0 Å². The second-order valence-electron chi connectivity index (χ2n) is 4.88. The maximum Gasteiger partial charge on any atom is 0.435 e. The zero-order valence-corrected chi connectivity index (χ0v) is 11.9. The third kappa shape index (κ3) is 3.99. The number of nitrogens with one attached hydrogen (secondary N) is 2. The molecule has 0 atom stereocenters. The van der Waals surface area contributed by atoms with Crippen LogP contribution in [0, 0.1) is 0 Å². The number of halogens is 3. The quantitative estimate of drug-likeness (QED) is 0.509. The molecule has 1 aromatic heterocycles. The molecule has 2 rings (SSSR count). The van der Waals surface area contributed by atoms with Crippen LogP contribution in [0.25, 0.3) is 0 Å². The zero-order valence-electron chi connectivity index (χ0n) is 11.9. The molecule has 0 aromatic carbocycles. The average molecular weight is 301 g/mol. The minimum atomic E-state index is -4.45. The Morgan fingerprint density at radius 3 is 2.67 bits per heavy atom. The van der Waals surface area contributed by atoms with Crippen molar-refractivity contribution in [3.8, 4) is 0 Å².